The predicted molar refractivity (Wildman–Crippen MR) is 86.2 cm³/mol. The van der Waals surface area contributed by atoms with Crippen LogP contribution in [-0.2, 0) is 6.54 Å². The first-order valence-corrected chi connectivity index (χ1v) is 7.36. The highest BCUT2D eigenvalue weighted by Crippen LogP contribution is 2.19. The highest BCUT2D eigenvalue weighted by atomic mass is 16.5. The maximum absolute atomic E-state index is 8.77. The first-order valence-electron chi connectivity index (χ1n) is 7.36. The lowest BCUT2D eigenvalue weighted by molar-refractivity contribution is 0.271. The van der Waals surface area contributed by atoms with Gasteiger partial charge in [0.1, 0.15) is 5.75 Å². The van der Waals surface area contributed by atoms with Gasteiger partial charge in [0.05, 0.1) is 19.2 Å². The van der Waals surface area contributed by atoms with Crippen LogP contribution in [0.2, 0.25) is 0 Å². The highest BCUT2D eigenvalue weighted by molar-refractivity contribution is 5.48. The summed E-state index contributed by atoms with van der Waals surface area (Å²) in [6.45, 7) is 2.53. The van der Waals surface area contributed by atoms with Crippen molar-refractivity contribution in [1.82, 2.24) is 4.90 Å². The van der Waals surface area contributed by atoms with Crippen LogP contribution in [-0.4, -0.2) is 43.9 Å². The van der Waals surface area contributed by atoms with Crippen molar-refractivity contribution < 1.29 is 9.84 Å². The molecule has 116 valence electrons. The zero-order valence-corrected chi connectivity index (χ0v) is 13.1. The summed E-state index contributed by atoms with van der Waals surface area (Å²) in [6, 6.07) is 6.08. The molecule has 0 heterocycles. The normalized spacial score (nSPS) is 10.3. The zero-order valence-electron chi connectivity index (χ0n) is 13.1. The van der Waals surface area contributed by atoms with E-state index in [1.54, 1.807) is 7.11 Å². The van der Waals surface area contributed by atoms with Crippen molar-refractivity contribution in [2.75, 3.05) is 33.9 Å². The van der Waals surface area contributed by atoms with E-state index in [0.717, 1.165) is 43.7 Å². The van der Waals surface area contributed by atoms with Gasteiger partial charge in [-0.15, -0.1) is 0 Å². The van der Waals surface area contributed by atoms with Gasteiger partial charge in [0.25, 0.3) is 0 Å². The molecule has 0 amide bonds. The fourth-order valence-corrected chi connectivity index (χ4v) is 2.16. The molecule has 4 heteroatoms. The second-order valence-electron chi connectivity index (χ2n) is 5.06. The van der Waals surface area contributed by atoms with Crippen LogP contribution in [0.3, 0.4) is 0 Å². The van der Waals surface area contributed by atoms with Crippen molar-refractivity contribution >= 4 is 0 Å². The fraction of sp³-hybridized carbons (Fsp3) is 0.529. The highest BCUT2D eigenvalue weighted by Gasteiger charge is 2.05. The van der Waals surface area contributed by atoms with Crippen LogP contribution >= 0.6 is 0 Å². The molecular formula is C17H26N2O2. The maximum atomic E-state index is 8.77. The molecule has 21 heavy (non-hydrogen) atoms. The van der Waals surface area contributed by atoms with Crippen LogP contribution in [0.5, 0.6) is 5.75 Å². The number of ether oxygens (including phenoxy) is 1. The van der Waals surface area contributed by atoms with Crippen LogP contribution in [0.4, 0.5) is 0 Å². The Bertz CT molecular complexity index is 477. The molecule has 0 aliphatic rings. The summed E-state index contributed by atoms with van der Waals surface area (Å²) in [5, 5.41) is 8.77. The molecule has 1 aromatic carbocycles. The average molecular weight is 290 g/mol. The van der Waals surface area contributed by atoms with Gasteiger partial charge < -0.3 is 20.5 Å². The summed E-state index contributed by atoms with van der Waals surface area (Å²) in [7, 11) is 3.75. The summed E-state index contributed by atoms with van der Waals surface area (Å²) in [5.41, 5.74) is 7.52. The van der Waals surface area contributed by atoms with Crippen LogP contribution in [0.25, 0.3) is 0 Å². The molecule has 0 unspecified atom stereocenters. The Morgan fingerprint density at radius 3 is 2.76 bits per heavy atom. The van der Waals surface area contributed by atoms with Gasteiger partial charge in [-0.1, -0.05) is 17.9 Å². The van der Waals surface area contributed by atoms with E-state index in [-0.39, 0.29) is 6.61 Å². The minimum atomic E-state index is 0.283. The summed E-state index contributed by atoms with van der Waals surface area (Å²) in [6.07, 6.45) is 3.05. The Morgan fingerprint density at radius 2 is 2.10 bits per heavy atom. The largest absolute Gasteiger partial charge is 0.495 e. The summed E-state index contributed by atoms with van der Waals surface area (Å²) < 4.78 is 5.31. The van der Waals surface area contributed by atoms with Gasteiger partial charge in [0.15, 0.2) is 0 Å². The predicted octanol–water partition coefficient (Wildman–Crippen LogP) is 1.60. The molecule has 1 rings (SSSR count). The molecule has 0 aliphatic carbocycles. The van der Waals surface area contributed by atoms with Crippen molar-refractivity contribution in [3.05, 3.63) is 29.3 Å². The van der Waals surface area contributed by atoms with Gasteiger partial charge in [-0.05, 0) is 50.6 Å². The van der Waals surface area contributed by atoms with E-state index in [1.807, 2.05) is 6.07 Å². The van der Waals surface area contributed by atoms with Crippen molar-refractivity contribution in [1.29, 1.82) is 0 Å². The van der Waals surface area contributed by atoms with Crippen molar-refractivity contribution in [2.45, 2.75) is 25.8 Å². The topological polar surface area (TPSA) is 58.7 Å². The number of hydrogen-bond acceptors (Lipinski definition) is 4. The van der Waals surface area contributed by atoms with E-state index in [2.05, 4.69) is 35.9 Å². The standard InChI is InChI=1S/C17H26N2O2/c1-19(11-4-3-5-12-20)14-15-8-9-17(21-2)16(13-15)7-6-10-18/h8-9,13,20H,3-5,10-12,14,18H2,1-2H3. The molecule has 0 fully saturated rings. The van der Waals surface area contributed by atoms with Crippen LogP contribution < -0.4 is 10.5 Å². The smallest absolute Gasteiger partial charge is 0.134 e. The maximum Gasteiger partial charge on any atom is 0.134 e. The molecule has 0 aromatic heterocycles. The van der Waals surface area contributed by atoms with E-state index in [9.17, 15) is 0 Å². The van der Waals surface area contributed by atoms with E-state index in [0.29, 0.717) is 6.54 Å². The number of methoxy groups -OCH3 is 1. The van der Waals surface area contributed by atoms with Gasteiger partial charge in [0, 0.05) is 13.2 Å². The molecule has 4 nitrogen and oxygen atoms in total. The molecule has 0 atom stereocenters. The fourth-order valence-electron chi connectivity index (χ4n) is 2.16. The number of aliphatic hydroxyl groups is 1. The lowest BCUT2D eigenvalue weighted by Crippen LogP contribution is -2.19. The Hall–Kier alpha value is -1.54. The number of unbranched alkanes of at least 4 members (excludes halogenated alkanes) is 2. The molecule has 0 bridgehead atoms. The third-order valence-corrected chi connectivity index (χ3v) is 3.24. The van der Waals surface area contributed by atoms with Gasteiger partial charge in [0.2, 0.25) is 0 Å². The average Bonchev–Trinajstić information content (AvgIpc) is 2.49. The SMILES string of the molecule is COc1ccc(CN(C)CCCCCO)cc1C#CCN. The first-order chi connectivity index (χ1) is 10.2. The number of benzene rings is 1. The minimum Gasteiger partial charge on any atom is -0.495 e. The van der Waals surface area contributed by atoms with Gasteiger partial charge >= 0.3 is 0 Å². The minimum absolute atomic E-state index is 0.283. The summed E-state index contributed by atoms with van der Waals surface area (Å²) in [4.78, 5) is 2.28. The lowest BCUT2D eigenvalue weighted by atomic mass is 10.1. The molecule has 1 aromatic rings. The molecule has 0 radical (unpaired) electrons. The second kappa shape index (κ2) is 10.2. The van der Waals surface area contributed by atoms with Crippen LogP contribution in [0, 0.1) is 11.8 Å². The first kappa shape index (κ1) is 17.5. The summed E-state index contributed by atoms with van der Waals surface area (Å²) in [5.74, 6) is 6.70. The third kappa shape index (κ3) is 6.63. The van der Waals surface area contributed by atoms with E-state index >= 15 is 0 Å². The number of nitrogens with zero attached hydrogens (tertiary/aromatic N) is 1. The number of nitrogens with two attached hydrogens (primary N) is 1. The van der Waals surface area contributed by atoms with Crippen LogP contribution in [0.15, 0.2) is 18.2 Å². The third-order valence-electron chi connectivity index (χ3n) is 3.24. The van der Waals surface area contributed by atoms with E-state index < -0.39 is 0 Å². The second-order valence-corrected chi connectivity index (χ2v) is 5.06. The number of hydrogen-bond donors (Lipinski definition) is 2. The zero-order chi connectivity index (χ0) is 15.5. The van der Waals surface area contributed by atoms with E-state index in [4.69, 9.17) is 15.6 Å². The van der Waals surface area contributed by atoms with Gasteiger partial charge in [-0.2, -0.15) is 0 Å². The van der Waals surface area contributed by atoms with Gasteiger partial charge in [-0.3, -0.25) is 0 Å². The van der Waals surface area contributed by atoms with Crippen molar-refractivity contribution in [3.8, 4) is 17.6 Å². The Kier molecular flexibility index (Phi) is 8.53. The molecule has 0 spiro atoms. The molecule has 3 N–H and O–H groups in total. The Morgan fingerprint density at radius 1 is 1.29 bits per heavy atom. The quantitative estimate of drug-likeness (QED) is 0.564. The lowest BCUT2D eigenvalue weighted by Gasteiger charge is -2.17. The Labute approximate surface area is 127 Å². The van der Waals surface area contributed by atoms with E-state index in [1.165, 1.54) is 5.56 Å². The number of aliphatic hydroxyl groups excluding tert-OH is 1. The molecule has 0 saturated heterocycles. The molecule has 0 saturated carbocycles. The molecule has 0 aliphatic heterocycles. The Balaban J connectivity index is 2.62. The monoisotopic (exact) mass is 290 g/mol. The van der Waals surface area contributed by atoms with Crippen LogP contribution in [0.1, 0.15) is 30.4 Å². The summed E-state index contributed by atoms with van der Waals surface area (Å²) >= 11 is 0. The van der Waals surface area contributed by atoms with Crippen molar-refractivity contribution in [2.24, 2.45) is 5.73 Å². The number of rotatable bonds is 8. The van der Waals surface area contributed by atoms with Gasteiger partial charge in [-0.25, -0.2) is 0 Å². The molecular weight excluding hydrogens is 264 g/mol. The van der Waals surface area contributed by atoms with Crippen molar-refractivity contribution in [3.63, 3.8) is 0 Å².